The van der Waals surface area contributed by atoms with Gasteiger partial charge in [-0.3, -0.25) is 14.3 Å². The molecule has 2 aromatic rings. The molecule has 8 heteroatoms. The monoisotopic (exact) mass is 391 g/mol. The fourth-order valence-electron chi connectivity index (χ4n) is 4.29. The highest BCUT2D eigenvalue weighted by Gasteiger charge is 2.53. The second-order valence-corrected chi connectivity index (χ2v) is 7.61. The zero-order chi connectivity index (χ0) is 20.1. The van der Waals surface area contributed by atoms with Crippen LogP contribution in [-0.2, 0) is 15.8 Å². The minimum atomic E-state index is -4.41. The highest BCUT2D eigenvalue weighted by Crippen LogP contribution is 2.37. The average molecular weight is 391 g/mol. The van der Waals surface area contributed by atoms with Crippen LogP contribution in [0.5, 0.6) is 0 Å². The van der Waals surface area contributed by atoms with E-state index < -0.39 is 23.3 Å². The SMILES string of the molecule is Cc1cc(-c2ccn(C3C(=O)NC4(CCCCC4)C3=O)n2)ccc1C(F)(F)F. The number of rotatable bonds is 2. The minimum Gasteiger partial charge on any atom is -0.341 e. The van der Waals surface area contributed by atoms with Crippen LogP contribution in [-0.4, -0.2) is 27.0 Å². The Balaban J connectivity index is 1.62. The Morgan fingerprint density at radius 2 is 1.86 bits per heavy atom. The Morgan fingerprint density at radius 3 is 2.50 bits per heavy atom. The number of benzene rings is 1. The third kappa shape index (κ3) is 3.00. The number of halogens is 3. The molecule has 2 fully saturated rings. The lowest BCUT2D eigenvalue weighted by Gasteiger charge is -2.31. The first-order valence-electron chi connectivity index (χ1n) is 9.31. The highest BCUT2D eigenvalue weighted by atomic mass is 19.4. The summed E-state index contributed by atoms with van der Waals surface area (Å²) in [5, 5.41) is 7.20. The molecule has 0 radical (unpaired) electrons. The van der Waals surface area contributed by atoms with Crippen molar-refractivity contribution >= 4 is 11.7 Å². The summed E-state index contributed by atoms with van der Waals surface area (Å²) in [6.45, 7) is 1.39. The molecule has 2 heterocycles. The van der Waals surface area contributed by atoms with E-state index in [0.717, 1.165) is 25.3 Å². The molecule has 1 amide bonds. The van der Waals surface area contributed by atoms with E-state index in [9.17, 15) is 22.8 Å². The number of carbonyl (C=O) groups is 2. The topological polar surface area (TPSA) is 64.0 Å². The summed E-state index contributed by atoms with van der Waals surface area (Å²) in [6, 6.07) is 4.36. The first kappa shape index (κ1) is 18.7. The van der Waals surface area contributed by atoms with Crippen molar-refractivity contribution in [2.75, 3.05) is 0 Å². The van der Waals surface area contributed by atoms with Crippen molar-refractivity contribution in [3.63, 3.8) is 0 Å². The van der Waals surface area contributed by atoms with Crippen molar-refractivity contribution in [1.29, 1.82) is 0 Å². The lowest BCUT2D eigenvalue weighted by molar-refractivity contribution is -0.138. The van der Waals surface area contributed by atoms with Gasteiger partial charge in [-0.25, -0.2) is 0 Å². The maximum absolute atomic E-state index is 13.0. The molecule has 148 valence electrons. The molecular weight excluding hydrogens is 371 g/mol. The Morgan fingerprint density at radius 1 is 1.14 bits per heavy atom. The normalized spacial score (nSPS) is 21.9. The molecule has 1 aromatic carbocycles. The quantitative estimate of drug-likeness (QED) is 0.792. The molecule has 2 aliphatic rings. The first-order chi connectivity index (χ1) is 13.2. The maximum atomic E-state index is 13.0. The smallest absolute Gasteiger partial charge is 0.341 e. The highest BCUT2D eigenvalue weighted by molar-refractivity contribution is 6.14. The Hall–Kier alpha value is -2.64. The molecule has 5 nitrogen and oxygen atoms in total. The van der Waals surface area contributed by atoms with Crippen molar-refractivity contribution in [2.45, 2.75) is 56.8 Å². The van der Waals surface area contributed by atoms with Crippen LogP contribution in [0.25, 0.3) is 11.3 Å². The Bertz CT molecular complexity index is 942. The molecule has 4 rings (SSSR count). The van der Waals surface area contributed by atoms with Crippen LogP contribution in [0.4, 0.5) is 13.2 Å². The van der Waals surface area contributed by atoms with Crippen molar-refractivity contribution in [3.05, 3.63) is 41.6 Å². The van der Waals surface area contributed by atoms with Crippen molar-refractivity contribution in [2.24, 2.45) is 0 Å². The van der Waals surface area contributed by atoms with Crippen LogP contribution in [0.2, 0.25) is 0 Å². The van der Waals surface area contributed by atoms with Gasteiger partial charge in [-0.1, -0.05) is 25.3 Å². The molecule has 1 atom stereocenters. The van der Waals surface area contributed by atoms with Gasteiger partial charge in [0.25, 0.3) is 5.91 Å². The van der Waals surface area contributed by atoms with Gasteiger partial charge in [0, 0.05) is 11.8 Å². The average Bonchev–Trinajstić information content (AvgIpc) is 3.18. The second kappa shape index (κ2) is 6.46. The fraction of sp³-hybridized carbons (Fsp3) is 0.450. The minimum absolute atomic E-state index is 0.0930. The molecule has 1 unspecified atom stereocenters. The van der Waals surface area contributed by atoms with Crippen molar-refractivity contribution in [3.8, 4) is 11.3 Å². The number of Topliss-reactive ketones (excluding diaryl/α,β-unsaturated/α-hetero) is 1. The van der Waals surface area contributed by atoms with E-state index in [1.165, 1.54) is 29.9 Å². The Labute approximate surface area is 159 Å². The molecule has 1 saturated heterocycles. The van der Waals surface area contributed by atoms with E-state index in [0.29, 0.717) is 24.1 Å². The molecule has 1 aromatic heterocycles. The Kier molecular flexibility index (Phi) is 4.32. The molecule has 1 N–H and O–H groups in total. The number of nitrogens with zero attached hydrogens (tertiary/aromatic N) is 2. The van der Waals surface area contributed by atoms with Crippen LogP contribution in [0, 0.1) is 6.92 Å². The van der Waals surface area contributed by atoms with Crippen LogP contribution < -0.4 is 5.32 Å². The molecule has 0 bridgehead atoms. The van der Waals surface area contributed by atoms with E-state index in [1.807, 2.05) is 0 Å². The zero-order valence-electron chi connectivity index (χ0n) is 15.3. The number of nitrogens with one attached hydrogen (secondary N) is 1. The molecule has 1 spiro atoms. The van der Waals surface area contributed by atoms with Gasteiger partial charge in [0.05, 0.1) is 11.3 Å². The van der Waals surface area contributed by atoms with Gasteiger partial charge in [0.2, 0.25) is 0 Å². The lowest BCUT2D eigenvalue weighted by atomic mass is 9.79. The number of alkyl halides is 3. The number of hydrogen-bond donors (Lipinski definition) is 1. The van der Waals surface area contributed by atoms with E-state index in [1.54, 1.807) is 6.07 Å². The van der Waals surface area contributed by atoms with E-state index in [4.69, 9.17) is 0 Å². The zero-order valence-corrected chi connectivity index (χ0v) is 15.3. The largest absolute Gasteiger partial charge is 0.416 e. The standard InChI is InChI=1S/C20H20F3N3O2/c1-12-11-13(5-6-14(12)20(21,22)23)15-7-10-26(25-15)16-17(27)19(24-18(16)28)8-3-2-4-9-19/h5-7,10-11,16H,2-4,8-9H2,1H3,(H,24,28). The predicted octanol–water partition coefficient (Wildman–Crippen LogP) is 3.82. The number of aromatic nitrogens is 2. The van der Waals surface area contributed by atoms with Crippen molar-refractivity contribution in [1.82, 2.24) is 15.1 Å². The summed E-state index contributed by atoms with van der Waals surface area (Å²) >= 11 is 0. The fourth-order valence-corrected chi connectivity index (χ4v) is 4.29. The van der Waals surface area contributed by atoms with E-state index >= 15 is 0 Å². The summed E-state index contributed by atoms with van der Waals surface area (Å²) in [5.41, 5.74) is -0.475. The van der Waals surface area contributed by atoms with Gasteiger partial charge in [0.15, 0.2) is 11.8 Å². The van der Waals surface area contributed by atoms with Crippen LogP contribution in [0.1, 0.15) is 49.3 Å². The maximum Gasteiger partial charge on any atom is 0.416 e. The number of amides is 1. The summed E-state index contributed by atoms with van der Waals surface area (Å²) in [4.78, 5) is 25.5. The van der Waals surface area contributed by atoms with Gasteiger partial charge in [0.1, 0.15) is 5.54 Å². The van der Waals surface area contributed by atoms with Crippen LogP contribution >= 0.6 is 0 Å². The summed E-state index contributed by atoms with van der Waals surface area (Å²) in [5.74, 6) is -0.541. The number of ketones is 1. The second-order valence-electron chi connectivity index (χ2n) is 7.61. The van der Waals surface area contributed by atoms with Crippen LogP contribution in [0.15, 0.2) is 30.5 Å². The molecule has 1 aliphatic heterocycles. The summed E-state index contributed by atoms with van der Waals surface area (Å²) in [7, 11) is 0. The molecule has 1 aliphatic carbocycles. The summed E-state index contributed by atoms with van der Waals surface area (Å²) < 4.78 is 40.2. The predicted molar refractivity (Wildman–Crippen MR) is 95.4 cm³/mol. The van der Waals surface area contributed by atoms with E-state index in [-0.39, 0.29) is 17.3 Å². The number of carbonyl (C=O) groups excluding carboxylic acids is 2. The summed E-state index contributed by atoms with van der Waals surface area (Å²) in [6.07, 6.45) is 1.24. The van der Waals surface area contributed by atoms with Gasteiger partial charge in [-0.05, 0) is 43.5 Å². The number of hydrogen-bond acceptors (Lipinski definition) is 3. The lowest BCUT2D eigenvalue weighted by Crippen LogP contribution is -2.48. The van der Waals surface area contributed by atoms with Gasteiger partial charge in [-0.15, -0.1) is 0 Å². The number of aryl methyl sites for hydroxylation is 1. The molecule has 1 saturated carbocycles. The first-order valence-corrected chi connectivity index (χ1v) is 9.31. The van der Waals surface area contributed by atoms with Gasteiger partial charge >= 0.3 is 6.18 Å². The van der Waals surface area contributed by atoms with Crippen molar-refractivity contribution < 1.29 is 22.8 Å². The third-order valence-corrected chi connectivity index (χ3v) is 5.74. The van der Waals surface area contributed by atoms with Crippen LogP contribution in [0.3, 0.4) is 0 Å². The molecule has 28 heavy (non-hydrogen) atoms. The van der Waals surface area contributed by atoms with E-state index in [2.05, 4.69) is 10.4 Å². The van der Waals surface area contributed by atoms with Gasteiger partial charge < -0.3 is 5.32 Å². The molecular formula is C20H20F3N3O2. The third-order valence-electron chi connectivity index (χ3n) is 5.74. The van der Waals surface area contributed by atoms with Gasteiger partial charge in [-0.2, -0.15) is 18.3 Å².